The Labute approximate surface area is 358 Å². The molecule has 1 heterocycles. The molecule has 11 heteroatoms. The Balaban J connectivity index is 1.18. The van der Waals surface area contributed by atoms with Crippen LogP contribution in [0.4, 0.5) is 0 Å². The van der Waals surface area contributed by atoms with Crippen LogP contribution in [-0.2, 0) is 24.7 Å². The smallest absolute Gasteiger partial charge is 0.309 e. The van der Waals surface area contributed by atoms with Gasteiger partial charge in [0.1, 0.15) is 11.9 Å². The summed E-state index contributed by atoms with van der Waals surface area (Å²) in [6.07, 6.45) is 12.1. The van der Waals surface area contributed by atoms with E-state index in [1.165, 1.54) is 5.57 Å². The van der Waals surface area contributed by atoms with Gasteiger partial charge in [-0.05, 0) is 138 Å². The molecule has 1 unspecified atom stereocenters. The number of ether oxygens (including phenoxy) is 1. The van der Waals surface area contributed by atoms with Crippen LogP contribution >= 0.6 is 11.6 Å². The number of Topliss-reactive ketones (excluding diaryl/α,β-unsaturated/α-hetero) is 1. The summed E-state index contributed by atoms with van der Waals surface area (Å²) >= 11 is 6.23. The number of aromatic nitrogens is 2. The van der Waals surface area contributed by atoms with Gasteiger partial charge in [-0.2, -0.15) is 0 Å². The first-order valence-corrected chi connectivity index (χ1v) is 23.0. The van der Waals surface area contributed by atoms with E-state index in [1.807, 2.05) is 0 Å². The molecule has 5 fully saturated rings. The SMILES string of the molecule is CC(C)C1=C2[C@H]3CC[C@@H]4[C@@]5(C)CCC(OC(=O)CC(C)(C)C(=O)O)C(C)(C)[C@@H]5CC[C@@]4(C)[C@]3(C)CC[C@@]2([C@@H](O)CN(CCN(C)C)C2(c3ncc(Cl)cn3)CC2)CC1=O. The van der Waals surface area contributed by atoms with Crippen molar-refractivity contribution in [2.24, 2.45) is 56.2 Å². The molecule has 0 aromatic carbocycles. The number of hydrogen-bond acceptors (Lipinski definition) is 9. The normalized spacial score (nSPS) is 36.5. The van der Waals surface area contributed by atoms with E-state index in [0.29, 0.717) is 29.8 Å². The van der Waals surface area contributed by atoms with Crippen molar-refractivity contribution >= 4 is 29.3 Å². The zero-order valence-corrected chi connectivity index (χ0v) is 38.7. The molecule has 5 saturated carbocycles. The molecule has 7 rings (SSSR count). The number of esters is 1. The zero-order chi connectivity index (χ0) is 43.3. The number of halogens is 1. The molecular weight excluding hydrogens is 764 g/mol. The third-order valence-electron chi connectivity index (χ3n) is 18.1. The van der Waals surface area contributed by atoms with E-state index in [0.717, 1.165) is 88.7 Å². The van der Waals surface area contributed by atoms with Crippen molar-refractivity contribution in [1.29, 1.82) is 0 Å². The first-order valence-electron chi connectivity index (χ1n) is 22.7. The lowest BCUT2D eigenvalue weighted by molar-refractivity contribution is -0.235. The summed E-state index contributed by atoms with van der Waals surface area (Å²) in [6, 6.07) is 0. The van der Waals surface area contributed by atoms with E-state index in [4.69, 9.17) is 26.3 Å². The van der Waals surface area contributed by atoms with Gasteiger partial charge in [0, 0.05) is 49.3 Å². The number of fused-ring (bicyclic) bond motifs is 7. The topological polar surface area (TPSA) is 133 Å². The molecule has 0 spiro atoms. The number of hydrogen-bond donors (Lipinski definition) is 2. The van der Waals surface area contributed by atoms with Gasteiger partial charge in [-0.15, -0.1) is 0 Å². The molecule has 0 bridgehead atoms. The lowest BCUT2D eigenvalue weighted by atomic mass is 9.33. The second kappa shape index (κ2) is 15.1. The standard InChI is InChI=1S/C48H73ClN4O6/c1-29(2)38-32(54)24-47(35(55)28-53(23-22-52(10)11)48(20-21-48)40-50-26-30(49)27-51-40)19-18-45(8)31(39(38)47)12-13-34-44(7)16-15-36(59-37(56)25-42(3,4)41(57)58)43(5,6)33(44)14-17-46(34,45)9/h26-27,29,31,33-36,55H,12-25,28H2,1-11H3,(H,57,58)/t31-,33+,34-,35+,36?,44+,45-,46-,47+/m1/s1. The van der Waals surface area contributed by atoms with Gasteiger partial charge >= 0.3 is 11.9 Å². The van der Waals surface area contributed by atoms with Crippen LogP contribution in [0.5, 0.6) is 0 Å². The number of likely N-dealkylation sites (N-methyl/N-ethyl adjacent to an activating group) is 1. The van der Waals surface area contributed by atoms with E-state index >= 15 is 0 Å². The lowest BCUT2D eigenvalue weighted by Crippen LogP contribution is -2.66. The Kier molecular flexibility index (Phi) is 11.5. The molecular formula is C48H73ClN4O6. The number of carbonyl (C=O) groups excluding carboxylic acids is 2. The van der Waals surface area contributed by atoms with E-state index in [1.54, 1.807) is 26.2 Å². The number of aliphatic hydroxyl groups is 1. The van der Waals surface area contributed by atoms with Crippen LogP contribution in [0.25, 0.3) is 0 Å². The summed E-state index contributed by atoms with van der Waals surface area (Å²) in [4.78, 5) is 53.4. The third-order valence-corrected chi connectivity index (χ3v) is 18.3. The monoisotopic (exact) mass is 837 g/mol. The van der Waals surface area contributed by atoms with Crippen molar-refractivity contribution in [1.82, 2.24) is 19.8 Å². The largest absolute Gasteiger partial charge is 0.481 e. The summed E-state index contributed by atoms with van der Waals surface area (Å²) in [7, 11) is 4.16. The minimum absolute atomic E-state index is 0.0197. The molecule has 6 aliphatic carbocycles. The molecule has 9 atom stereocenters. The van der Waals surface area contributed by atoms with Gasteiger partial charge in [-0.1, -0.05) is 65.6 Å². The molecule has 0 aliphatic heterocycles. The number of rotatable bonds is 13. The molecule has 0 radical (unpaired) electrons. The minimum atomic E-state index is -1.18. The summed E-state index contributed by atoms with van der Waals surface area (Å²) in [5.41, 5.74) is -0.117. The Morgan fingerprint density at radius 1 is 0.915 bits per heavy atom. The lowest BCUT2D eigenvalue weighted by Gasteiger charge is -2.72. The van der Waals surface area contributed by atoms with E-state index in [2.05, 4.69) is 72.4 Å². The molecule has 1 aromatic heterocycles. The first-order chi connectivity index (χ1) is 27.4. The van der Waals surface area contributed by atoms with Gasteiger partial charge in [0.05, 0.1) is 28.5 Å². The summed E-state index contributed by atoms with van der Waals surface area (Å²) in [5.74, 6) is 0.671. The van der Waals surface area contributed by atoms with Gasteiger partial charge in [0.25, 0.3) is 0 Å². The van der Waals surface area contributed by atoms with Crippen molar-refractivity contribution in [3.05, 3.63) is 34.4 Å². The second-order valence-electron chi connectivity index (χ2n) is 22.6. The van der Waals surface area contributed by atoms with E-state index in [9.17, 15) is 24.6 Å². The highest BCUT2D eigenvalue weighted by molar-refractivity contribution is 6.30. The average molecular weight is 838 g/mol. The van der Waals surface area contributed by atoms with Crippen LogP contribution in [0.15, 0.2) is 23.5 Å². The quantitative estimate of drug-likeness (QED) is 0.186. The predicted octanol–water partition coefficient (Wildman–Crippen LogP) is 8.74. The van der Waals surface area contributed by atoms with Crippen molar-refractivity contribution in [2.75, 3.05) is 33.7 Å². The fourth-order valence-electron chi connectivity index (χ4n) is 14.4. The van der Waals surface area contributed by atoms with Crippen molar-refractivity contribution < 1.29 is 29.3 Å². The Morgan fingerprint density at radius 2 is 1.58 bits per heavy atom. The summed E-state index contributed by atoms with van der Waals surface area (Å²) < 4.78 is 6.21. The van der Waals surface area contributed by atoms with Crippen molar-refractivity contribution in [2.45, 2.75) is 157 Å². The number of carboxylic acid groups (broad SMARTS) is 1. The van der Waals surface area contributed by atoms with Gasteiger partial charge in [-0.25, -0.2) is 9.97 Å². The first kappa shape index (κ1) is 44.6. The molecule has 328 valence electrons. The van der Waals surface area contributed by atoms with Crippen LogP contribution in [0.3, 0.4) is 0 Å². The molecule has 0 amide bonds. The molecule has 6 aliphatic rings. The highest BCUT2D eigenvalue weighted by atomic mass is 35.5. The number of carboxylic acids is 1. The van der Waals surface area contributed by atoms with Gasteiger partial charge < -0.3 is 19.8 Å². The predicted molar refractivity (Wildman–Crippen MR) is 229 cm³/mol. The van der Waals surface area contributed by atoms with Crippen LogP contribution < -0.4 is 0 Å². The number of carbonyl (C=O) groups is 3. The van der Waals surface area contributed by atoms with Crippen LogP contribution in [-0.4, -0.2) is 93.6 Å². The van der Waals surface area contributed by atoms with Gasteiger partial charge in [-0.3, -0.25) is 19.3 Å². The van der Waals surface area contributed by atoms with Gasteiger partial charge in [0.2, 0.25) is 0 Å². The summed E-state index contributed by atoms with van der Waals surface area (Å²) in [6.45, 7) is 21.7. The Morgan fingerprint density at radius 3 is 2.17 bits per heavy atom. The fourth-order valence-corrected chi connectivity index (χ4v) is 14.5. The highest BCUT2D eigenvalue weighted by Gasteiger charge is 2.71. The maximum absolute atomic E-state index is 14.4. The number of ketones is 1. The van der Waals surface area contributed by atoms with Crippen LogP contribution in [0.2, 0.25) is 5.02 Å². The van der Waals surface area contributed by atoms with Crippen molar-refractivity contribution in [3.63, 3.8) is 0 Å². The van der Waals surface area contributed by atoms with Crippen molar-refractivity contribution in [3.8, 4) is 0 Å². The molecule has 59 heavy (non-hydrogen) atoms. The average Bonchev–Trinajstić information content (AvgIpc) is 3.88. The molecule has 0 saturated heterocycles. The third kappa shape index (κ3) is 7.04. The molecule has 10 nitrogen and oxygen atoms in total. The second-order valence-corrected chi connectivity index (χ2v) is 23.0. The molecule has 1 aromatic rings. The number of aliphatic hydroxyl groups excluding tert-OH is 1. The zero-order valence-electron chi connectivity index (χ0n) is 37.9. The Hall–Kier alpha value is -2.40. The molecule has 2 N–H and O–H groups in total. The maximum atomic E-state index is 14.4. The van der Waals surface area contributed by atoms with Crippen LogP contribution in [0, 0.1) is 56.2 Å². The Bertz CT molecular complexity index is 1860. The van der Waals surface area contributed by atoms with E-state index in [-0.39, 0.29) is 57.3 Å². The number of nitrogens with zero attached hydrogens (tertiary/aromatic N) is 4. The fraction of sp³-hybridized carbons (Fsp3) is 0.812. The number of aliphatic carboxylic acids is 1. The van der Waals surface area contributed by atoms with Gasteiger partial charge in [0.15, 0.2) is 5.78 Å². The number of allylic oxidation sites excluding steroid dienone is 1. The highest BCUT2D eigenvalue weighted by Crippen LogP contribution is 2.77. The maximum Gasteiger partial charge on any atom is 0.309 e. The summed E-state index contributed by atoms with van der Waals surface area (Å²) in [5, 5.41) is 23.1. The van der Waals surface area contributed by atoms with Crippen LogP contribution in [0.1, 0.15) is 145 Å². The minimum Gasteiger partial charge on any atom is -0.481 e. The van der Waals surface area contributed by atoms with E-state index < -0.39 is 28.9 Å².